The molecule has 98 valence electrons. The first-order valence-electron chi connectivity index (χ1n) is 5.53. The van der Waals surface area contributed by atoms with Crippen LogP contribution in [0.15, 0.2) is 23.1 Å². The molecule has 1 aromatic rings. The third-order valence-electron chi connectivity index (χ3n) is 2.72. The second kappa shape index (κ2) is 6.15. The van der Waals surface area contributed by atoms with Crippen LogP contribution in [0.3, 0.4) is 0 Å². The van der Waals surface area contributed by atoms with Crippen LogP contribution in [0.4, 0.5) is 0 Å². The molecule has 1 saturated heterocycles. The zero-order chi connectivity index (χ0) is 13.1. The van der Waals surface area contributed by atoms with Crippen LogP contribution in [-0.2, 0) is 9.53 Å². The molecule has 0 amide bonds. The van der Waals surface area contributed by atoms with Gasteiger partial charge in [0.25, 0.3) is 0 Å². The average Bonchev–Trinajstić information content (AvgIpc) is 2.77. The van der Waals surface area contributed by atoms with Gasteiger partial charge >= 0.3 is 5.97 Å². The van der Waals surface area contributed by atoms with Gasteiger partial charge in [0.15, 0.2) is 6.10 Å². The number of halogens is 2. The molecule has 0 saturated carbocycles. The molecule has 1 fully saturated rings. The molecule has 2 rings (SSSR count). The summed E-state index contributed by atoms with van der Waals surface area (Å²) >= 11 is 13.6. The molecule has 0 aromatic heterocycles. The van der Waals surface area contributed by atoms with Gasteiger partial charge in [-0.05, 0) is 25.0 Å². The van der Waals surface area contributed by atoms with Crippen LogP contribution in [-0.4, -0.2) is 29.0 Å². The number of ether oxygens (including phenoxy) is 1. The maximum Gasteiger partial charge on any atom is 0.332 e. The number of rotatable bonds is 4. The van der Waals surface area contributed by atoms with Gasteiger partial charge in [-0.1, -0.05) is 29.3 Å². The summed E-state index contributed by atoms with van der Waals surface area (Å²) < 4.78 is 5.42. The van der Waals surface area contributed by atoms with Gasteiger partial charge in [-0.25, -0.2) is 4.79 Å². The van der Waals surface area contributed by atoms with Gasteiger partial charge in [-0.3, -0.25) is 0 Å². The first kappa shape index (κ1) is 14.0. The zero-order valence-corrected chi connectivity index (χ0v) is 11.8. The lowest BCUT2D eigenvalue weighted by Gasteiger charge is -2.12. The SMILES string of the molecule is O=C(O)C1CCC(CSc2c(Cl)cccc2Cl)O1. The summed E-state index contributed by atoms with van der Waals surface area (Å²) in [7, 11) is 0. The number of hydrogen-bond acceptors (Lipinski definition) is 3. The number of carbonyl (C=O) groups is 1. The summed E-state index contributed by atoms with van der Waals surface area (Å²) in [6.07, 6.45) is 0.601. The number of hydrogen-bond donors (Lipinski definition) is 1. The fourth-order valence-corrected chi connectivity index (χ4v) is 3.54. The van der Waals surface area contributed by atoms with Gasteiger partial charge in [0.1, 0.15) is 0 Å². The van der Waals surface area contributed by atoms with Gasteiger partial charge in [0.2, 0.25) is 0 Å². The standard InChI is InChI=1S/C12H12Cl2O3S/c13-8-2-1-3-9(14)11(8)18-6-7-4-5-10(17-7)12(15)16/h1-3,7,10H,4-6H2,(H,15,16). The predicted molar refractivity (Wildman–Crippen MR) is 72.7 cm³/mol. The fourth-order valence-electron chi connectivity index (χ4n) is 1.81. The predicted octanol–water partition coefficient (Wildman–Crippen LogP) is 3.72. The number of thioether (sulfide) groups is 1. The van der Waals surface area contributed by atoms with E-state index in [1.807, 2.05) is 0 Å². The van der Waals surface area contributed by atoms with Crippen LogP contribution in [0.5, 0.6) is 0 Å². The molecule has 6 heteroatoms. The second-order valence-corrected chi connectivity index (χ2v) is 5.87. The van der Waals surface area contributed by atoms with Crippen LogP contribution in [0.25, 0.3) is 0 Å². The van der Waals surface area contributed by atoms with Crippen LogP contribution < -0.4 is 0 Å². The van der Waals surface area contributed by atoms with Crippen molar-refractivity contribution in [3.05, 3.63) is 28.2 Å². The first-order chi connectivity index (χ1) is 8.58. The summed E-state index contributed by atoms with van der Waals surface area (Å²) in [5.74, 6) is -0.231. The minimum absolute atomic E-state index is 0.0524. The van der Waals surface area contributed by atoms with E-state index in [4.69, 9.17) is 33.0 Å². The molecule has 18 heavy (non-hydrogen) atoms. The van der Waals surface area contributed by atoms with Crippen LogP contribution in [0.2, 0.25) is 10.0 Å². The van der Waals surface area contributed by atoms with E-state index in [0.29, 0.717) is 22.2 Å². The number of carboxylic acids is 1. The Morgan fingerprint density at radius 3 is 2.61 bits per heavy atom. The van der Waals surface area contributed by atoms with Crippen molar-refractivity contribution < 1.29 is 14.6 Å². The number of aliphatic carboxylic acids is 1. The van der Waals surface area contributed by atoms with Crippen molar-refractivity contribution in [2.75, 3.05) is 5.75 Å². The van der Waals surface area contributed by atoms with Crippen molar-refractivity contribution in [2.45, 2.75) is 29.9 Å². The summed E-state index contributed by atoms with van der Waals surface area (Å²) in [6.45, 7) is 0. The minimum atomic E-state index is -0.890. The van der Waals surface area contributed by atoms with Crippen molar-refractivity contribution in [3.8, 4) is 0 Å². The van der Waals surface area contributed by atoms with Gasteiger partial charge in [-0.2, -0.15) is 0 Å². The highest BCUT2D eigenvalue weighted by molar-refractivity contribution is 7.99. The van der Waals surface area contributed by atoms with E-state index in [2.05, 4.69) is 0 Å². The molecule has 1 aromatic carbocycles. The molecule has 0 radical (unpaired) electrons. The summed E-state index contributed by atoms with van der Waals surface area (Å²) in [6, 6.07) is 5.36. The van der Waals surface area contributed by atoms with Crippen LogP contribution >= 0.6 is 35.0 Å². The lowest BCUT2D eigenvalue weighted by atomic mass is 10.2. The zero-order valence-electron chi connectivity index (χ0n) is 9.44. The highest BCUT2D eigenvalue weighted by Gasteiger charge is 2.30. The smallest absolute Gasteiger partial charge is 0.332 e. The molecule has 0 spiro atoms. The topological polar surface area (TPSA) is 46.5 Å². The van der Waals surface area contributed by atoms with Gasteiger partial charge in [-0.15, -0.1) is 11.8 Å². The summed E-state index contributed by atoms with van der Waals surface area (Å²) in [5.41, 5.74) is 0. The Bertz CT molecular complexity index is 433. The van der Waals surface area contributed by atoms with E-state index >= 15 is 0 Å². The molecule has 0 aliphatic carbocycles. The van der Waals surface area contributed by atoms with Crippen molar-refractivity contribution >= 4 is 40.9 Å². The third kappa shape index (κ3) is 3.32. The first-order valence-corrected chi connectivity index (χ1v) is 7.27. The van der Waals surface area contributed by atoms with Gasteiger partial charge in [0.05, 0.1) is 16.1 Å². The average molecular weight is 307 g/mol. The van der Waals surface area contributed by atoms with Gasteiger partial charge < -0.3 is 9.84 Å². The molecule has 1 aliphatic heterocycles. The van der Waals surface area contributed by atoms with Crippen molar-refractivity contribution in [1.29, 1.82) is 0 Å². The van der Waals surface area contributed by atoms with E-state index in [1.54, 1.807) is 18.2 Å². The largest absolute Gasteiger partial charge is 0.479 e. The molecular weight excluding hydrogens is 295 g/mol. The Kier molecular flexibility index (Phi) is 4.78. The van der Waals surface area contributed by atoms with E-state index < -0.39 is 12.1 Å². The molecular formula is C12H12Cl2O3S. The van der Waals surface area contributed by atoms with Crippen molar-refractivity contribution in [3.63, 3.8) is 0 Å². The van der Waals surface area contributed by atoms with E-state index in [1.165, 1.54) is 11.8 Å². The monoisotopic (exact) mass is 306 g/mol. The lowest BCUT2D eigenvalue weighted by molar-refractivity contribution is -0.148. The van der Waals surface area contributed by atoms with Crippen molar-refractivity contribution in [1.82, 2.24) is 0 Å². The maximum absolute atomic E-state index is 10.8. The normalized spacial score (nSPS) is 23.2. The van der Waals surface area contributed by atoms with E-state index in [-0.39, 0.29) is 6.10 Å². The molecule has 2 atom stereocenters. The second-order valence-electron chi connectivity index (χ2n) is 4.02. The Morgan fingerprint density at radius 1 is 1.39 bits per heavy atom. The van der Waals surface area contributed by atoms with E-state index in [9.17, 15) is 4.79 Å². The highest BCUT2D eigenvalue weighted by atomic mass is 35.5. The Balaban J connectivity index is 1.91. The minimum Gasteiger partial charge on any atom is -0.479 e. The van der Waals surface area contributed by atoms with Crippen LogP contribution in [0, 0.1) is 0 Å². The molecule has 1 N–H and O–H groups in total. The lowest BCUT2D eigenvalue weighted by Crippen LogP contribution is -2.21. The molecule has 0 bridgehead atoms. The quantitative estimate of drug-likeness (QED) is 0.861. The summed E-state index contributed by atoms with van der Waals surface area (Å²) in [4.78, 5) is 11.6. The molecule has 3 nitrogen and oxygen atoms in total. The van der Waals surface area contributed by atoms with Crippen LogP contribution in [0.1, 0.15) is 12.8 Å². The number of carboxylic acid groups (broad SMARTS) is 1. The van der Waals surface area contributed by atoms with E-state index in [0.717, 1.165) is 11.3 Å². The molecule has 1 heterocycles. The molecule has 1 aliphatic rings. The fraction of sp³-hybridized carbons (Fsp3) is 0.417. The van der Waals surface area contributed by atoms with Crippen molar-refractivity contribution in [2.24, 2.45) is 0 Å². The maximum atomic E-state index is 10.8. The highest BCUT2D eigenvalue weighted by Crippen LogP contribution is 2.35. The molecule has 2 unspecified atom stereocenters. The third-order valence-corrected chi connectivity index (χ3v) is 4.84. The van der Waals surface area contributed by atoms with Gasteiger partial charge in [0, 0.05) is 10.6 Å². The Hall–Kier alpha value is -0.420. The Labute approximate surface area is 119 Å². The summed E-state index contributed by atoms with van der Waals surface area (Å²) in [5, 5.41) is 10.1. The Morgan fingerprint density at radius 2 is 2.06 bits per heavy atom. The number of benzene rings is 1.